The highest BCUT2D eigenvalue weighted by atomic mass is 19.1. The first-order chi connectivity index (χ1) is 10.4. The molecule has 5 nitrogen and oxygen atoms in total. The van der Waals surface area contributed by atoms with E-state index < -0.39 is 11.7 Å². The molecule has 6 heteroatoms. The third kappa shape index (κ3) is 3.55. The van der Waals surface area contributed by atoms with Gasteiger partial charge in [0, 0.05) is 38.8 Å². The van der Waals surface area contributed by atoms with Crippen LogP contribution in [0.2, 0.25) is 0 Å². The Morgan fingerprint density at radius 1 is 1.36 bits per heavy atom. The van der Waals surface area contributed by atoms with Gasteiger partial charge >= 0.3 is 0 Å². The maximum absolute atomic E-state index is 14.2. The standard InChI is InChI=1S/C16H22FN3O2/c1-19(2)11-6-7-13(14(17)9-11)16(22)20-8-4-3-5-12(20)10-15(18)21/h6-7,9,12H,3-5,8,10H2,1-2H3,(H2,18,21)/t12-/m0/s1. The van der Waals surface area contributed by atoms with Gasteiger partial charge in [-0.25, -0.2) is 4.39 Å². The van der Waals surface area contributed by atoms with Crippen LogP contribution in [-0.2, 0) is 4.79 Å². The molecular formula is C16H22FN3O2. The summed E-state index contributed by atoms with van der Waals surface area (Å²) in [6.45, 7) is 0.533. The van der Waals surface area contributed by atoms with Crippen molar-refractivity contribution in [2.75, 3.05) is 25.5 Å². The minimum Gasteiger partial charge on any atom is -0.378 e. The highest BCUT2D eigenvalue weighted by molar-refractivity contribution is 5.95. The van der Waals surface area contributed by atoms with Crippen LogP contribution in [0.1, 0.15) is 36.0 Å². The summed E-state index contributed by atoms with van der Waals surface area (Å²) in [6, 6.07) is 4.33. The van der Waals surface area contributed by atoms with Gasteiger partial charge in [-0.15, -0.1) is 0 Å². The molecule has 1 aliphatic heterocycles. The third-order valence-corrected chi connectivity index (χ3v) is 4.02. The van der Waals surface area contributed by atoms with Crippen LogP contribution in [0.25, 0.3) is 0 Å². The van der Waals surface area contributed by atoms with Crippen LogP contribution in [0.15, 0.2) is 18.2 Å². The van der Waals surface area contributed by atoms with Crippen molar-refractivity contribution in [1.29, 1.82) is 0 Å². The number of halogens is 1. The summed E-state index contributed by atoms with van der Waals surface area (Å²) in [5.41, 5.74) is 5.99. The first-order valence-corrected chi connectivity index (χ1v) is 7.46. The van der Waals surface area contributed by atoms with E-state index >= 15 is 0 Å². The van der Waals surface area contributed by atoms with E-state index in [9.17, 15) is 14.0 Å². The molecule has 2 N–H and O–H groups in total. The number of rotatable bonds is 4. The van der Waals surface area contributed by atoms with E-state index in [4.69, 9.17) is 5.73 Å². The number of nitrogens with zero attached hydrogens (tertiary/aromatic N) is 2. The molecule has 1 fully saturated rings. The number of carbonyl (C=O) groups excluding carboxylic acids is 2. The summed E-state index contributed by atoms with van der Waals surface area (Å²) in [7, 11) is 3.62. The number of primary amides is 1. The maximum atomic E-state index is 14.2. The molecule has 22 heavy (non-hydrogen) atoms. The summed E-state index contributed by atoms with van der Waals surface area (Å²) in [4.78, 5) is 27.1. The number of benzene rings is 1. The number of piperidine rings is 1. The van der Waals surface area contributed by atoms with Gasteiger partial charge in [-0.1, -0.05) is 0 Å². The van der Waals surface area contributed by atoms with E-state index in [1.54, 1.807) is 15.9 Å². The number of hydrogen-bond donors (Lipinski definition) is 1. The van der Waals surface area contributed by atoms with Crippen molar-refractivity contribution in [1.82, 2.24) is 4.90 Å². The molecule has 2 amide bonds. The molecule has 1 aromatic carbocycles. The Morgan fingerprint density at radius 3 is 2.68 bits per heavy atom. The molecular weight excluding hydrogens is 285 g/mol. The van der Waals surface area contributed by atoms with E-state index in [0.717, 1.165) is 19.3 Å². The van der Waals surface area contributed by atoms with E-state index in [0.29, 0.717) is 12.2 Å². The van der Waals surface area contributed by atoms with Crippen molar-refractivity contribution >= 4 is 17.5 Å². The third-order valence-electron chi connectivity index (χ3n) is 4.02. The van der Waals surface area contributed by atoms with E-state index in [1.165, 1.54) is 12.1 Å². The lowest BCUT2D eigenvalue weighted by Crippen LogP contribution is -2.45. The lowest BCUT2D eigenvalue weighted by Gasteiger charge is -2.35. The summed E-state index contributed by atoms with van der Waals surface area (Å²) < 4.78 is 14.2. The quantitative estimate of drug-likeness (QED) is 0.922. The SMILES string of the molecule is CN(C)c1ccc(C(=O)N2CCCC[C@H]2CC(N)=O)c(F)c1. The van der Waals surface area contributed by atoms with Crippen molar-refractivity contribution in [3.05, 3.63) is 29.6 Å². The molecule has 0 bridgehead atoms. The smallest absolute Gasteiger partial charge is 0.257 e. The second-order valence-electron chi connectivity index (χ2n) is 5.88. The lowest BCUT2D eigenvalue weighted by molar-refractivity contribution is -0.119. The van der Waals surface area contributed by atoms with Gasteiger partial charge in [0.15, 0.2) is 0 Å². The summed E-state index contributed by atoms with van der Waals surface area (Å²) in [6.07, 6.45) is 2.66. The zero-order chi connectivity index (χ0) is 16.3. The fourth-order valence-electron chi connectivity index (χ4n) is 2.82. The molecule has 0 unspecified atom stereocenters. The van der Waals surface area contributed by atoms with Crippen molar-refractivity contribution in [3.63, 3.8) is 0 Å². The molecule has 0 aromatic heterocycles. The van der Waals surface area contributed by atoms with Crippen molar-refractivity contribution in [2.24, 2.45) is 5.73 Å². The van der Waals surface area contributed by atoms with Crippen molar-refractivity contribution < 1.29 is 14.0 Å². The Kier molecular flexibility index (Phi) is 5.00. The van der Waals surface area contributed by atoms with Gasteiger partial charge in [0.25, 0.3) is 5.91 Å². The fourth-order valence-corrected chi connectivity index (χ4v) is 2.82. The van der Waals surface area contributed by atoms with Crippen LogP contribution in [0, 0.1) is 5.82 Å². The van der Waals surface area contributed by atoms with Gasteiger partial charge in [0.1, 0.15) is 5.82 Å². The van der Waals surface area contributed by atoms with E-state index in [2.05, 4.69) is 0 Å². The Balaban J connectivity index is 2.23. The number of nitrogens with two attached hydrogens (primary N) is 1. The number of hydrogen-bond acceptors (Lipinski definition) is 3. The molecule has 2 rings (SSSR count). The second-order valence-corrected chi connectivity index (χ2v) is 5.88. The average molecular weight is 307 g/mol. The average Bonchev–Trinajstić information content (AvgIpc) is 2.46. The maximum Gasteiger partial charge on any atom is 0.257 e. The van der Waals surface area contributed by atoms with Crippen LogP contribution >= 0.6 is 0 Å². The number of likely N-dealkylation sites (tertiary alicyclic amines) is 1. The number of anilines is 1. The molecule has 0 saturated carbocycles. The Bertz CT molecular complexity index is 575. The Labute approximate surface area is 129 Å². The topological polar surface area (TPSA) is 66.6 Å². The molecule has 1 aromatic rings. The highest BCUT2D eigenvalue weighted by Crippen LogP contribution is 2.24. The largest absolute Gasteiger partial charge is 0.378 e. The van der Waals surface area contributed by atoms with Crippen LogP contribution in [0.4, 0.5) is 10.1 Å². The molecule has 1 aliphatic rings. The molecule has 1 heterocycles. The molecule has 0 aliphatic carbocycles. The normalized spacial score (nSPS) is 18.1. The fraction of sp³-hybridized carbons (Fsp3) is 0.500. The summed E-state index contributed by atoms with van der Waals surface area (Å²) >= 11 is 0. The first-order valence-electron chi connectivity index (χ1n) is 7.46. The molecule has 1 saturated heterocycles. The van der Waals surface area contributed by atoms with Gasteiger partial charge < -0.3 is 15.5 Å². The predicted octanol–water partition coefficient (Wildman–Crippen LogP) is 1.76. The predicted molar refractivity (Wildman–Crippen MR) is 83.2 cm³/mol. The minimum atomic E-state index is -0.542. The summed E-state index contributed by atoms with van der Waals surface area (Å²) in [5.74, 6) is -1.35. The zero-order valence-corrected chi connectivity index (χ0v) is 13.0. The van der Waals surface area contributed by atoms with Crippen molar-refractivity contribution in [3.8, 4) is 0 Å². The van der Waals surface area contributed by atoms with Gasteiger partial charge in [-0.3, -0.25) is 9.59 Å². The summed E-state index contributed by atoms with van der Waals surface area (Å²) in [5, 5.41) is 0. The second kappa shape index (κ2) is 6.77. The lowest BCUT2D eigenvalue weighted by atomic mass is 9.97. The van der Waals surface area contributed by atoms with Gasteiger partial charge in [0.2, 0.25) is 5.91 Å². The molecule has 1 atom stereocenters. The highest BCUT2D eigenvalue weighted by Gasteiger charge is 2.30. The Morgan fingerprint density at radius 2 is 2.09 bits per heavy atom. The number of carbonyl (C=O) groups is 2. The van der Waals surface area contributed by atoms with Crippen molar-refractivity contribution in [2.45, 2.75) is 31.7 Å². The minimum absolute atomic E-state index is 0.0435. The van der Waals surface area contributed by atoms with Crippen LogP contribution < -0.4 is 10.6 Å². The van der Waals surface area contributed by atoms with Gasteiger partial charge in [-0.2, -0.15) is 0 Å². The van der Waals surface area contributed by atoms with Gasteiger partial charge in [-0.05, 0) is 37.5 Å². The van der Waals surface area contributed by atoms with E-state index in [1.807, 2.05) is 14.1 Å². The number of amides is 2. The monoisotopic (exact) mass is 307 g/mol. The van der Waals surface area contributed by atoms with Crippen LogP contribution in [-0.4, -0.2) is 43.4 Å². The molecule has 120 valence electrons. The first kappa shape index (κ1) is 16.3. The Hall–Kier alpha value is -2.11. The van der Waals surface area contributed by atoms with Gasteiger partial charge in [0.05, 0.1) is 5.56 Å². The van der Waals surface area contributed by atoms with E-state index in [-0.39, 0.29) is 23.9 Å². The van der Waals surface area contributed by atoms with Crippen LogP contribution in [0.3, 0.4) is 0 Å². The zero-order valence-electron chi connectivity index (χ0n) is 13.0. The van der Waals surface area contributed by atoms with Crippen LogP contribution in [0.5, 0.6) is 0 Å². The molecule has 0 spiro atoms. The molecule has 0 radical (unpaired) electrons.